The minimum absolute atomic E-state index is 0.0788. The molecule has 0 bridgehead atoms. The molecule has 0 fully saturated rings. The van der Waals surface area contributed by atoms with E-state index in [-0.39, 0.29) is 11.9 Å². The van der Waals surface area contributed by atoms with Crippen LogP contribution in [-0.4, -0.2) is 27.2 Å². The van der Waals surface area contributed by atoms with Gasteiger partial charge < -0.3 is 5.32 Å². The van der Waals surface area contributed by atoms with Crippen molar-refractivity contribution in [2.75, 3.05) is 17.3 Å². The molecule has 0 spiro atoms. The number of nitrogens with one attached hydrogen (secondary N) is 1. The molecule has 1 aromatic rings. The zero-order valence-electron chi connectivity index (χ0n) is 10.1. The molecular weight excluding hydrogens is 265 g/mol. The van der Waals surface area contributed by atoms with E-state index in [2.05, 4.69) is 10.3 Å². The van der Waals surface area contributed by atoms with Crippen LogP contribution in [0.1, 0.15) is 18.9 Å². The fraction of sp³-hybridized carbons (Fsp3) is 0.545. The lowest BCUT2D eigenvalue weighted by atomic mass is 10.2. The predicted molar refractivity (Wildman–Crippen MR) is 65.9 cm³/mol. The molecule has 1 aromatic heterocycles. The van der Waals surface area contributed by atoms with Gasteiger partial charge in [0.1, 0.15) is 5.82 Å². The molecule has 2 atom stereocenters. The molecule has 102 valence electrons. The molecule has 1 N–H and O–H groups in total. The first-order chi connectivity index (χ1) is 8.29. The van der Waals surface area contributed by atoms with Crippen molar-refractivity contribution in [3.05, 3.63) is 23.9 Å². The lowest BCUT2D eigenvalue weighted by Crippen LogP contribution is -2.19. The van der Waals surface area contributed by atoms with Crippen LogP contribution in [0.5, 0.6) is 0 Å². The van der Waals surface area contributed by atoms with Crippen LogP contribution in [-0.2, 0) is 17.0 Å². The molecule has 3 nitrogen and oxygen atoms in total. The maximum atomic E-state index is 12.5. The molecule has 0 saturated heterocycles. The van der Waals surface area contributed by atoms with Gasteiger partial charge in [0.15, 0.2) is 0 Å². The van der Waals surface area contributed by atoms with Gasteiger partial charge in [-0.1, -0.05) is 0 Å². The monoisotopic (exact) mass is 280 g/mol. The van der Waals surface area contributed by atoms with Crippen LogP contribution >= 0.6 is 0 Å². The van der Waals surface area contributed by atoms with Crippen LogP contribution in [0.4, 0.5) is 19.0 Å². The average molecular weight is 280 g/mol. The van der Waals surface area contributed by atoms with Crippen LogP contribution in [0.2, 0.25) is 0 Å². The van der Waals surface area contributed by atoms with Crippen molar-refractivity contribution in [3.63, 3.8) is 0 Å². The maximum Gasteiger partial charge on any atom is 0.416 e. The number of pyridine rings is 1. The molecule has 1 heterocycles. The smallest absolute Gasteiger partial charge is 0.368 e. The van der Waals surface area contributed by atoms with Crippen molar-refractivity contribution >= 4 is 16.6 Å². The van der Waals surface area contributed by atoms with Crippen molar-refractivity contribution in [3.8, 4) is 0 Å². The van der Waals surface area contributed by atoms with Gasteiger partial charge in [0.2, 0.25) is 0 Å². The number of aromatic nitrogens is 1. The number of alkyl halides is 3. The van der Waals surface area contributed by atoms with Gasteiger partial charge in [0, 0.05) is 35.0 Å². The molecule has 0 aliphatic carbocycles. The Morgan fingerprint density at radius 1 is 1.50 bits per heavy atom. The van der Waals surface area contributed by atoms with Gasteiger partial charge in [-0.2, -0.15) is 13.2 Å². The van der Waals surface area contributed by atoms with Gasteiger partial charge in [-0.05, 0) is 25.5 Å². The van der Waals surface area contributed by atoms with Gasteiger partial charge in [0.05, 0.1) is 5.56 Å². The van der Waals surface area contributed by atoms with Crippen molar-refractivity contribution in [2.24, 2.45) is 0 Å². The SMILES string of the molecule is CC(CCS(C)=O)Nc1cc(C(F)(F)F)ccn1. The minimum atomic E-state index is -4.37. The Bertz CT molecular complexity index is 423. The Hall–Kier alpha value is -1.11. The van der Waals surface area contributed by atoms with Crippen molar-refractivity contribution in [2.45, 2.75) is 25.6 Å². The highest BCUT2D eigenvalue weighted by Crippen LogP contribution is 2.29. The predicted octanol–water partition coefficient (Wildman–Crippen LogP) is 2.67. The summed E-state index contributed by atoms with van der Waals surface area (Å²) in [6.07, 6.45) is -1.04. The van der Waals surface area contributed by atoms with Crippen LogP contribution < -0.4 is 5.32 Å². The summed E-state index contributed by atoms with van der Waals surface area (Å²) in [5.41, 5.74) is -0.730. The molecule has 0 saturated carbocycles. The molecule has 0 radical (unpaired) electrons. The van der Waals surface area contributed by atoms with Crippen molar-refractivity contribution in [1.82, 2.24) is 4.98 Å². The summed E-state index contributed by atoms with van der Waals surface area (Å²) >= 11 is 0. The third kappa shape index (κ3) is 5.03. The largest absolute Gasteiger partial charge is 0.416 e. The number of rotatable bonds is 5. The highest BCUT2D eigenvalue weighted by Gasteiger charge is 2.30. The van der Waals surface area contributed by atoms with Crippen LogP contribution in [0.15, 0.2) is 18.3 Å². The second-order valence-corrected chi connectivity index (χ2v) is 5.59. The lowest BCUT2D eigenvalue weighted by Gasteiger charge is -2.15. The average Bonchev–Trinajstić information content (AvgIpc) is 2.25. The van der Waals surface area contributed by atoms with Crippen molar-refractivity contribution < 1.29 is 17.4 Å². The van der Waals surface area contributed by atoms with Gasteiger partial charge in [0.25, 0.3) is 0 Å². The highest BCUT2D eigenvalue weighted by atomic mass is 32.2. The van der Waals surface area contributed by atoms with Crippen molar-refractivity contribution in [1.29, 1.82) is 0 Å². The van der Waals surface area contributed by atoms with Gasteiger partial charge >= 0.3 is 6.18 Å². The zero-order chi connectivity index (χ0) is 13.8. The Balaban J connectivity index is 2.65. The molecule has 0 amide bonds. The summed E-state index contributed by atoms with van der Waals surface area (Å²) in [6.45, 7) is 1.81. The van der Waals surface area contributed by atoms with E-state index in [0.717, 1.165) is 18.3 Å². The first kappa shape index (κ1) is 14.9. The van der Waals surface area contributed by atoms with E-state index in [1.165, 1.54) is 0 Å². The molecule has 1 rings (SSSR count). The molecular formula is C11H15F3N2OS. The first-order valence-corrected chi connectivity index (χ1v) is 7.11. The minimum Gasteiger partial charge on any atom is -0.368 e. The van der Waals surface area contributed by atoms with Gasteiger partial charge in [-0.15, -0.1) is 0 Å². The number of nitrogens with zero attached hydrogens (tertiary/aromatic N) is 1. The van der Waals surface area contributed by atoms with Gasteiger partial charge in [-0.3, -0.25) is 4.21 Å². The summed E-state index contributed by atoms with van der Waals surface area (Å²) in [7, 11) is -0.903. The summed E-state index contributed by atoms with van der Waals surface area (Å²) in [5.74, 6) is 0.687. The summed E-state index contributed by atoms with van der Waals surface area (Å²) in [5, 5.41) is 2.86. The van der Waals surface area contributed by atoms with Crippen LogP contribution in [0, 0.1) is 0 Å². The van der Waals surface area contributed by atoms with E-state index >= 15 is 0 Å². The zero-order valence-corrected chi connectivity index (χ0v) is 10.9. The molecule has 0 aliphatic rings. The van der Waals surface area contributed by atoms with E-state index in [4.69, 9.17) is 0 Å². The van der Waals surface area contributed by atoms with E-state index in [1.807, 2.05) is 6.92 Å². The number of halogens is 3. The van der Waals surface area contributed by atoms with E-state index in [0.29, 0.717) is 12.2 Å². The number of hydrogen-bond acceptors (Lipinski definition) is 3. The van der Waals surface area contributed by atoms with Crippen LogP contribution in [0.25, 0.3) is 0 Å². The molecule has 18 heavy (non-hydrogen) atoms. The summed E-state index contributed by atoms with van der Waals surface area (Å²) < 4.78 is 48.3. The Morgan fingerprint density at radius 3 is 2.72 bits per heavy atom. The molecule has 0 aliphatic heterocycles. The van der Waals surface area contributed by atoms with Crippen LogP contribution in [0.3, 0.4) is 0 Å². The number of anilines is 1. The summed E-state index contributed by atoms with van der Waals surface area (Å²) in [4.78, 5) is 3.83. The molecule has 7 heteroatoms. The number of hydrogen-bond donors (Lipinski definition) is 1. The second-order valence-electron chi connectivity index (χ2n) is 4.04. The second kappa shape index (κ2) is 6.17. The molecule has 0 aromatic carbocycles. The fourth-order valence-electron chi connectivity index (χ4n) is 1.35. The maximum absolute atomic E-state index is 12.5. The van der Waals surface area contributed by atoms with E-state index in [1.54, 1.807) is 6.26 Å². The Labute approximate surface area is 106 Å². The fourth-order valence-corrected chi connectivity index (χ4v) is 2.04. The quantitative estimate of drug-likeness (QED) is 0.901. The Kier molecular flexibility index (Phi) is 5.13. The van der Waals surface area contributed by atoms with E-state index in [9.17, 15) is 17.4 Å². The standard InChI is InChI=1S/C11H15F3N2OS/c1-8(4-6-18(2)17)16-10-7-9(3-5-15-10)11(12,13)14/h3,5,7-8H,4,6H2,1-2H3,(H,15,16). The topological polar surface area (TPSA) is 42.0 Å². The normalized spacial score (nSPS) is 15.2. The highest BCUT2D eigenvalue weighted by molar-refractivity contribution is 7.84. The first-order valence-electron chi connectivity index (χ1n) is 5.39. The lowest BCUT2D eigenvalue weighted by molar-refractivity contribution is -0.137. The molecule has 2 unspecified atom stereocenters. The third-order valence-electron chi connectivity index (χ3n) is 2.32. The third-order valence-corrected chi connectivity index (χ3v) is 3.13. The van der Waals surface area contributed by atoms with Gasteiger partial charge in [-0.25, -0.2) is 4.98 Å². The van der Waals surface area contributed by atoms with E-state index < -0.39 is 22.5 Å². The Morgan fingerprint density at radius 2 is 2.17 bits per heavy atom. The summed E-state index contributed by atoms with van der Waals surface area (Å²) in [6, 6.07) is 1.82.